The van der Waals surface area contributed by atoms with Gasteiger partial charge in [-0.15, -0.1) is 0 Å². The van der Waals surface area contributed by atoms with E-state index in [0.29, 0.717) is 23.0 Å². The number of nitrogens with zero attached hydrogens (tertiary/aromatic N) is 2. The highest BCUT2D eigenvalue weighted by Crippen LogP contribution is 2.35. The number of nitrogens with one attached hydrogen (secondary N) is 1. The number of amides is 1. The Morgan fingerprint density at radius 3 is 2.96 bits per heavy atom. The van der Waals surface area contributed by atoms with Crippen LogP contribution in [0.25, 0.3) is 0 Å². The number of furan rings is 1. The summed E-state index contributed by atoms with van der Waals surface area (Å²) in [6.07, 6.45) is 1.57. The lowest BCUT2D eigenvalue weighted by molar-refractivity contribution is 0.0991. The number of hydrogen-bond acceptors (Lipinski definition) is 7. The number of rotatable bonds is 5. The maximum Gasteiger partial charge on any atom is 0.293 e. The lowest BCUT2D eigenvalue weighted by atomic mass is 10.3. The molecule has 0 bridgehead atoms. The summed E-state index contributed by atoms with van der Waals surface area (Å²) in [6.45, 7) is 2.20. The normalized spacial score (nSPS) is 12.0. The minimum Gasteiger partial charge on any atom is -0.486 e. The van der Waals surface area contributed by atoms with Gasteiger partial charge in [-0.3, -0.25) is 10.1 Å². The van der Waals surface area contributed by atoms with Crippen molar-refractivity contribution in [2.24, 2.45) is 0 Å². The van der Waals surface area contributed by atoms with Crippen molar-refractivity contribution in [1.29, 1.82) is 0 Å². The standard InChI is InChI=1S/C18H15N3O5/c1-11-6-7-19-18(20-11)21-17(22)15-5-3-13(26-15)9-23-12-2-4-14-16(8-12)25-10-24-14/h2-8H,9-10H2,1H3,(H,19,20,21,22). The second kappa shape index (κ2) is 6.75. The number of carbonyl (C=O) groups excluding carboxylic acids is 1. The van der Waals surface area contributed by atoms with Gasteiger partial charge in [0.15, 0.2) is 17.3 Å². The van der Waals surface area contributed by atoms with E-state index in [1.165, 1.54) is 0 Å². The molecule has 1 amide bonds. The molecule has 4 rings (SSSR count). The van der Waals surface area contributed by atoms with E-state index in [-0.39, 0.29) is 25.1 Å². The predicted molar refractivity (Wildman–Crippen MR) is 90.3 cm³/mol. The third kappa shape index (κ3) is 3.44. The molecule has 3 aromatic rings. The molecule has 2 aromatic heterocycles. The monoisotopic (exact) mass is 353 g/mol. The van der Waals surface area contributed by atoms with Gasteiger partial charge in [-0.25, -0.2) is 9.97 Å². The first kappa shape index (κ1) is 15.9. The molecule has 0 radical (unpaired) electrons. The zero-order valence-electron chi connectivity index (χ0n) is 13.9. The maximum atomic E-state index is 12.2. The third-order valence-electron chi connectivity index (χ3n) is 3.63. The summed E-state index contributed by atoms with van der Waals surface area (Å²) in [4.78, 5) is 20.3. The Kier molecular flexibility index (Phi) is 4.14. The highest BCUT2D eigenvalue weighted by Gasteiger charge is 2.15. The Morgan fingerprint density at radius 1 is 1.19 bits per heavy atom. The minimum absolute atomic E-state index is 0.152. The topological polar surface area (TPSA) is 95.7 Å². The lowest BCUT2D eigenvalue weighted by Gasteiger charge is -2.05. The van der Waals surface area contributed by atoms with Crippen LogP contribution in [-0.4, -0.2) is 22.7 Å². The van der Waals surface area contributed by atoms with Gasteiger partial charge in [0, 0.05) is 18.0 Å². The van der Waals surface area contributed by atoms with Crippen LogP contribution in [0.15, 0.2) is 47.0 Å². The van der Waals surface area contributed by atoms with Gasteiger partial charge < -0.3 is 18.6 Å². The SMILES string of the molecule is Cc1ccnc(NC(=O)c2ccc(COc3ccc4c(c3)OCO4)o2)n1. The lowest BCUT2D eigenvalue weighted by Crippen LogP contribution is -2.13. The fourth-order valence-electron chi connectivity index (χ4n) is 2.37. The first-order valence-electron chi connectivity index (χ1n) is 7.89. The van der Waals surface area contributed by atoms with E-state index < -0.39 is 5.91 Å². The maximum absolute atomic E-state index is 12.2. The smallest absolute Gasteiger partial charge is 0.293 e. The van der Waals surface area contributed by atoms with Crippen molar-refractivity contribution < 1.29 is 23.4 Å². The second-order valence-electron chi connectivity index (χ2n) is 5.55. The van der Waals surface area contributed by atoms with E-state index in [9.17, 15) is 4.79 Å². The molecule has 1 aliphatic heterocycles. The molecule has 8 nitrogen and oxygen atoms in total. The Hall–Kier alpha value is -3.55. The van der Waals surface area contributed by atoms with Gasteiger partial charge in [0.1, 0.15) is 18.1 Å². The van der Waals surface area contributed by atoms with Crippen molar-refractivity contribution in [3.63, 3.8) is 0 Å². The van der Waals surface area contributed by atoms with Gasteiger partial charge >= 0.3 is 0 Å². The Balaban J connectivity index is 1.37. The molecule has 8 heteroatoms. The number of fused-ring (bicyclic) bond motifs is 1. The summed E-state index contributed by atoms with van der Waals surface area (Å²) in [5.74, 6) is 2.41. The molecule has 0 saturated carbocycles. The quantitative estimate of drug-likeness (QED) is 0.753. The van der Waals surface area contributed by atoms with E-state index in [4.69, 9.17) is 18.6 Å². The molecule has 0 unspecified atom stereocenters. The number of hydrogen-bond donors (Lipinski definition) is 1. The average molecular weight is 353 g/mol. The van der Waals surface area contributed by atoms with Crippen molar-refractivity contribution in [2.45, 2.75) is 13.5 Å². The predicted octanol–water partition coefficient (Wildman–Crippen LogP) is 2.94. The van der Waals surface area contributed by atoms with Crippen LogP contribution < -0.4 is 19.5 Å². The van der Waals surface area contributed by atoms with Crippen LogP contribution in [0.5, 0.6) is 17.2 Å². The number of carbonyl (C=O) groups is 1. The summed E-state index contributed by atoms with van der Waals surface area (Å²) in [5.41, 5.74) is 0.757. The van der Waals surface area contributed by atoms with Gasteiger partial charge in [-0.05, 0) is 37.3 Å². The van der Waals surface area contributed by atoms with Gasteiger partial charge in [-0.1, -0.05) is 0 Å². The van der Waals surface area contributed by atoms with Crippen molar-refractivity contribution >= 4 is 11.9 Å². The van der Waals surface area contributed by atoms with Crippen LogP contribution in [0.2, 0.25) is 0 Å². The molecule has 26 heavy (non-hydrogen) atoms. The molecular formula is C18H15N3O5. The highest BCUT2D eigenvalue weighted by atomic mass is 16.7. The second-order valence-corrected chi connectivity index (χ2v) is 5.55. The fourth-order valence-corrected chi connectivity index (χ4v) is 2.37. The molecule has 0 spiro atoms. The number of benzene rings is 1. The molecule has 0 saturated heterocycles. The van der Waals surface area contributed by atoms with E-state index in [2.05, 4.69) is 15.3 Å². The third-order valence-corrected chi connectivity index (χ3v) is 3.63. The van der Waals surface area contributed by atoms with Crippen molar-refractivity contribution in [3.05, 3.63) is 59.8 Å². The van der Waals surface area contributed by atoms with E-state index in [0.717, 1.165) is 5.69 Å². The van der Waals surface area contributed by atoms with Crippen LogP contribution >= 0.6 is 0 Å². The van der Waals surface area contributed by atoms with Gasteiger partial charge in [-0.2, -0.15) is 0 Å². The molecule has 1 N–H and O–H groups in total. The van der Waals surface area contributed by atoms with Crippen LogP contribution in [-0.2, 0) is 6.61 Å². The molecule has 0 aliphatic carbocycles. The zero-order valence-corrected chi connectivity index (χ0v) is 13.9. The van der Waals surface area contributed by atoms with Crippen LogP contribution in [0.4, 0.5) is 5.95 Å². The van der Waals surface area contributed by atoms with Gasteiger partial charge in [0.2, 0.25) is 12.7 Å². The van der Waals surface area contributed by atoms with Crippen LogP contribution in [0, 0.1) is 6.92 Å². The molecular weight excluding hydrogens is 338 g/mol. The molecule has 0 atom stereocenters. The molecule has 1 aliphatic rings. The number of aryl methyl sites for hydroxylation is 1. The van der Waals surface area contributed by atoms with Crippen molar-refractivity contribution in [3.8, 4) is 17.2 Å². The van der Waals surface area contributed by atoms with E-state index in [1.807, 2.05) is 6.92 Å². The van der Waals surface area contributed by atoms with Crippen molar-refractivity contribution in [2.75, 3.05) is 12.1 Å². The van der Waals surface area contributed by atoms with E-state index in [1.54, 1.807) is 42.6 Å². The summed E-state index contributed by atoms with van der Waals surface area (Å²) < 4.78 is 21.7. The Bertz CT molecular complexity index is 954. The Morgan fingerprint density at radius 2 is 2.08 bits per heavy atom. The highest BCUT2D eigenvalue weighted by molar-refractivity contribution is 6.01. The molecule has 1 aromatic carbocycles. The number of aromatic nitrogens is 2. The van der Waals surface area contributed by atoms with Crippen LogP contribution in [0.1, 0.15) is 22.0 Å². The summed E-state index contributed by atoms with van der Waals surface area (Å²) >= 11 is 0. The fraction of sp³-hybridized carbons (Fsp3) is 0.167. The number of anilines is 1. The van der Waals surface area contributed by atoms with Gasteiger partial charge in [0.05, 0.1) is 0 Å². The first-order chi connectivity index (χ1) is 12.7. The average Bonchev–Trinajstić information content (AvgIpc) is 3.29. The largest absolute Gasteiger partial charge is 0.486 e. The Labute approximate surface area is 148 Å². The van der Waals surface area contributed by atoms with Gasteiger partial charge in [0.25, 0.3) is 5.91 Å². The minimum atomic E-state index is -0.426. The molecule has 132 valence electrons. The summed E-state index contributed by atoms with van der Waals surface area (Å²) in [7, 11) is 0. The van der Waals surface area contributed by atoms with Crippen LogP contribution in [0.3, 0.4) is 0 Å². The zero-order chi connectivity index (χ0) is 17.9. The van der Waals surface area contributed by atoms with Crippen molar-refractivity contribution in [1.82, 2.24) is 9.97 Å². The summed E-state index contributed by atoms with van der Waals surface area (Å²) in [6, 6.07) is 10.3. The molecule has 3 heterocycles. The molecule has 0 fully saturated rings. The number of ether oxygens (including phenoxy) is 3. The summed E-state index contributed by atoms with van der Waals surface area (Å²) in [5, 5.41) is 2.59. The van der Waals surface area contributed by atoms with E-state index >= 15 is 0 Å². The first-order valence-corrected chi connectivity index (χ1v) is 7.89.